The van der Waals surface area contributed by atoms with Gasteiger partial charge in [0, 0.05) is 35.6 Å². The lowest BCUT2D eigenvalue weighted by Gasteiger charge is -2.23. The Labute approximate surface area is 554 Å². The van der Waals surface area contributed by atoms with Crippen molar-refractivity contribution in [3.05, 3.63) is 113 Å². The van der Waals surface area contributed by atoms with E-state index in [1.807, 2.05) is 0 Å². The highest BCUT2D eigenvalue weighted by Gasteiger charge is 2.31. The molecule has 0 aliphatic carbocycles. The van der Waals surface area contributed by atoms with Crippen molar-refractivity contribution in [1.29, 1.82) is 0 Å². The molecule has 0 amide bonds. The van der Waals surface area contributed by atoms with Gasteiger partial charge in [0.05, 0.1) is 83.5 Å². The van der Waals surface area contributed by atoms with Crippen LogP contribution < -0.4 is 36.6 Å². The molecule has 9 rings (SSSR count). The van der Waals surface area contributed by atoms with Gasteiger partial charge >= 0.3 is 23.9 Å². The Morgan fingerprint density at radius 2 is 0.828 bits per heavy atom. The molecule has 0 unspecified atom stereocenters. The summed E-state index contributed by atoms with van der Waals surface area (Å²) in [5.74, 6) is -11.7. The van der Waals surface area contributed by atoms with Gasteiger partial charge in [-0.15, -0.1) is 10.2 Å². The number of ether oxygens (including phenoxy) is 1. The van der Waals surface area contributed by atoms with Crippen molar-refractivity contribution in [3.63, 3.8) is 0 Å². The molecule has 0 saturated carbocycles. The predicted octanol–water partition coefficient (Wildman–Crippen LogP) is 8.17. The fourth-order valence-corrected chi connectivity index (χ4v) is 11.4. The summed E-state index contributed by atoms with van der Waals surface area (Å²) in [6, 6.07) is 13.3. The largest absolute Gasteiger partial charge is 0.505 e. The molecule has 2 aromatic heterocycles. The van der Waals surface area contributed by atoms with Crippen molar-refractivity contribution in [2.45, 2.75) is 19.6 Å². The Kier molecular flexibility index (Phi) is 20.8. The second-order valence-corrected chi connectivity index (χ2v) is 25.6. The van der Waals surface area contributed by atoms with Gasteiger partial charge in [-0.1, -0.05) is 0 Å². The Bertz CT molecular complexity index is 5050. The third kappa shape index (κ3) is 17.0. The first-order valence-corrected chi connectivity index (χ1v) is 32.8. The number of rotatable bonds is 28. The van der Waals surface area contributed by atoms with Crippen LogP contribution >= 0.6 is 21.7 Å². The summed E-state index contributed by atoms with van der Waals surface area (Å²) >= 11 is 0. The minimum absolute atomic E-state index is 0.119. The van der Waals surface area contributed by atoms with Crippen LogP contribution in [-0.4, -0.2) is 186 Å². The van der Waals surface area contributed by atoms with Crippen LogP contribution in [0.2, 0.25) is 0 Å². The Hall–Kier alpha value is -11.5. The lowest BCUT2D eigenvalue weighted by Crippen LogP contribution is -2.13. The van der Waals surface area contributed by atoms with Crippen LogP contribution in [0.25, 0.3) is 21.5 Å². The maximum absolute atomic E-state index is 13.1. The van der Waals surface area contributed by atoms with Gasteiger partial charge in [0.2, 0.25) is 35.7 Å². The molecule has 0 aliphatic rings. The number of aromatic hydroxyl groups is 2. The summed E-state index contributed by atoms with van der Waals surface area (Å²) in [6.07, 6.45) is 0. The molecule has 99 heavy (non-hydrogen) atoms. The number of nitrogens with zero attached hydrogens (tertiary/aromatic N) is 10. The van der Waals surface area contributed by atoms with Crippen LogP contribution in [-0.2, 0) is 20.2 Å². The summed E-state index contributed by atoms with van der Waals surface area (Å²) in [6.45, 7) is -2.45. The number of nitrogens with one attached hydrogen (secondary N) is 6. The molecule has 0 atom stereocenters. The first-order valence-electron chi connectivity index (χ1n) is 26.9. The van der Waals surface area contributed by atoms with Gasteiger partial charge < -0.3 is 110 Å². The first-order chi connectivity index (χ1) is 46.5. The summed E-state index contributed by atoms with van der Waals surface area (Å²) in [5, 5.41) is 121. The standard InChI is InChI=1S/C53H48N16O26S4/c70-5-3-54-48-60-50(64-52(62-48)58-34-18-30(96(83,84)85)13-22-15-37(99(92,93)94)41(43(74)38(22)34)69-67-28-10-25(46(79)80)11-29(16-28)95-20-72)56-26-1-2-33(32(17-26)47(81)82)57-51-61-49(55-4-6-71)63-53(65-51)59-35-19-31(97(86,87)88)12-21-14-36(98(89,90)91)40(42(73)39(21)35)68-66-27-8-23(44(75)76)7-24(9-27)45(77)78/h1-2,7-19,70-74,89-94H,3-6,20H2,(H,75,76)(H,77,78)(H,79,80)(H,81,82)(H,83,84,85)(H,86,87,88)(H3,54,56,58,60,62,64)(H3,55,57,59,61,63,65). The number of aromatic nitrogens is 6. The van der Waals surface area contributed by atoms with Crippen molar-refractivity contribution in [2.24, 2.45) is 20.5 Å². The predicted molar refractivity (Wildman–Crippen MR) is 346 cm³/mol. The molecule has 2 heterocycles. The maximum atomic E-state index is 13.1. The monoisotopic (exact) mass is 1450 g/mol. The fourth-order valence-electron chi connectivity index (χ4n) is 8.95. The van der Waals surface area contributed by atoms with Gasteiger partial charge in [-0.05, 0) is 95.7 Å². The number of carbonyl (C=O) groups is 4. The number of phenolic OH excluding ortho intramolecular Hbond substituents is 2. The quantitative estimate of drug-likeness (QED) is 0.0125. The van der Waals surface area contributed by atoms with Crippen LogP contribution in [0.4, 0.5) is 81.2 Å². The van der Waals surface area contributed by atoms with E-state index < -0.39 is 219 Å². The molecular formula is C53H48N16O26S4. The topological polar surface area (TPSA) is 689 Å². The average molecular weight is 1450 g/mol. The number of fused-ring (bicyclic) bond motifs is 2. The van der Waals surface area contributed by atoms with Crippen molar-refractivity contribution in [1.82, 2.24) is 29.9 Å². The van der Waals surface area contributed by atoms with Crippen LogP contribution in [0.1, 0.15) is 41.4 Å². The van der Waals surface area contributed by atoms with Crippen LogP contribution in [0, 0.1) is 0 Å². The van der Waals surface area contributed by atoms with Crippen LogP contribution in [0.5, 0.6) is 17.2 Å². The Morgan fingerprint density at radius 3 is 1.21 bits per heavy atom. The van der Waals surface area contributed by atoms with E-state index in [1.54, 1.807) is 0 Å². The van der Waals surface area contributed by atoms with Gasteiger partial charge in [0.15, 0.2) is 18.3 Å². The van der Waals surface area contributed by atoms with Gasteiger partial charge in [0.1, 0.15) is 38.9 Å². The van der Waals surface area contributed by atoms with Gasteiger partial charge in [-0.2, -0.15) is 57.0 Å². The number of carboxylic acids is 4. The molecule has 0 saturated heterocycles. The van der Waals surface area contributed by atoms with Crippen molar-refractivity contribution in [3.8, 4) is 17.2 Å². The first kappa shape index (κ1) is 71.8. The molecule has 46 heteroatoms. The number of azo groups is 2. The number of hydrogen-bond donors (Lipinski definition) is 23. The summed E-state index contributed by atoms with van der Waals surface area (Å²) in [4.78, 5) is 69.9. The van der Waals surface area contributed by atoms with Gasteiger partial charge in [-0.3, -0.25) is 9.11 Å². The minimum Gasteiger partial charge on any atom is -0.505 e. The Morgan fingerprint density at radius 1 is 0.434 bits per heavy atom. The Balaban J connectivity index is 1.09. The van der Waals surface area contributed by atoms with E-state index >= 15 is 0 Å². The van der Waals surface area contributed by atoms with Crippen LogP contribution in [0.3, 0.4) is 0 Å². The van der Waals surface area contributed by atoms with Crippen LogP contribution in [0.15, 0.2) is 131 Å². The van der Waals surface area contributed by atoms with E-state index in [4.69, 9.17) is 4.74 Å². The van der Waals surface area contributed by atoms with E-state index in [1.165, 1.54) is 6.07 Å². The minimum atomic E-state index is -5.22. The SMILES string of the molecule is O=C(O)c1cc(N=Nc2c(S(O)(O)O)cc3cc(S(=O)(=O)O)cc(Nc4nc(NCCO)nc(Nc5ccc(Nc6nc(NCCO)nc(Nc7cc(S(=O)(=O)O)cc8cc(S(O)(O)O)c(N=Nc9cc(C(=O)O)cc(C(=O)O)c9)c(O)c78)n6)c(C(=O)O)c5)n4)c3c2O)cc(OCO)c1. The molecule has 23 N–H and O–H groups in total. The average Bonchev–Trinajstić information content (AvgIpc) is 0.752. The van der Waals surface area contributed by atoms with E-state index in [2.05, 4.69) is 82.3 Å². The summed E-state index contributed by atoms with van der Waals surface area (Å²) in [7, 11) is -20.3. The van der Waals surface area contributed by atoms with E-state index in [9.17, 15) is 118 Å². The fraction of sp³-hybridized carbons (Fsp3) is 0.0943. The zero-order valence-electron chi connectivity index (χ0n) is 49.1. The lowest BCUT2D eigenvalue weighted by molar-refractivity contribution is 0.0680. The smallest absolute Gasteiger partial charge is 0.337 e. The molecule has 520 valence electrons. The maximum Gasteiger partial charge on any atom is 0.337 e. The van der Waals surface area contributed by atoms with Crippen molar-refractivity contribution in [2.75, 3.05) is 65.0 Å². The lowest BCUT2D eigenvalue weighted by atomic mass is 10.1. The third-order valence-corrected chi connectivity index (χ3v) is 16.5. The second-order valence-electron chi connectivity index (χ2n) is 19.8. The molecule has 42 nitrogen and oxygen atoms in total. The second kappa shape index (κ2) is 28.7. The van der Waals surface area contributed by atoms with E-state index in [0.29, 0.717) is 18.2 Å². The zero-order chi connectivity index (χ0) is 72.2. The number of aliphatic hydroxyl groups excluding tert-OH is 3. The number of phenols is 2. The number of aliphatic hydroxyl groups is 3. The highest BCUT2D eigenvalue weighted by molar-refractivity contribution is 8.19. The van der Waals surface area contributed by atoms with E-state index in [0.717, 1.165) is 66.7 Å². The molecule has 0 fully saturated rings. The van der Waals surface area contributed by atoms with Gasteiger partial charge in [0.25, 0.3) is 20.2 Å². The number of anilines is 10. The molecule has 0 aliphatic heterocycles. The van der Waals surface area contributed by atoms with Gasteiger partial charge in [-0.25, -0.2) is 19.2 Å². The number of carboxylic acid groups (broad SMARTS) is 4. The third-order valence-electron chi connectivity index (χ3n) is 13.1. The van der Waals surface area contributed by atoms with E-state index in [-0.39, 0.29) is 41.8 Å². The molecule has 0 spiro atoms. The number of aromatic carboxylic acids is 4. The normalized spacial score (nSPS) is 12.4. The number of hydrogen-bond acceptors (Lipinski definition) is 36. The highest BCUT2D eigenvalue weighted by atomic mass is 32.3. The highest BCUT2D eigenvalue weighted by Crippen LogP contribution is 2.57. The molecule has 0 radical (unpaired) electrons. The molecule has 7 aromatic carbocycles. The summed E-state index contributed by atoms with van der Waals surface area (Å²) < 4.78 is 139. The molecular weight excluding hydrogens is 1400 g/mol. The van der Waals surface area contributed by atoms with Crippen molar-refractivity contribution >= 4 is 169 Å². The zero-order valence-corrected chi connectivity index (χ0v) is 52.3. The molecule has 9 aromatic rings. The summed E-state index contributed by atoms with van der Waals surface area (Å²) in [5.41, 5.74) is -6.40. The van der Waals surface area contributed by atoms with Crippen molar-refractivity contribution < 1.29 is 123 Å². The molecule has 0 bridgehead atoms. The number of benzene rings is 7.